The lowest BCUT2D eigenvalue weighted by molar-refractivity contribution is -0.116. The number of methoxy groups -OCH3 is 1. The summed E-state index contributed by atoms with van der Waals surface area (Å²) in [5.74, 6) is 0.982. The highest BCUT2D eigenvalue weighted by molar-refractivity contribution is 7.99. The Morgan fingerprint density at radius 1 is 1.50 bits per heavy atom. The van der Waals surface area contributed by atoms with E-state index in [1.165, 1.54) is 18.9 Å². The first-order valence-electron chi connectivity index (χ1n) is 8.32. The normalized spacial score (nSPS) is 15.6. The number of nitrogens with zero attached hydrogens (tertiary/aromatic N) is 2. The number of hydrogen-bond donors (Lipinski definition) is 1. The minimum absolute atomic E-state index is 0.0434. The molecule has 1 unspecified atom stereocenters. The zero-order valence-electron chi connectivity index (χ0n) is 14.8. The number of aromatic nitrogens is 2. The molecule has 0 aliphatic carbocycles. The standard InChI is InChI=1S/C18H20ClN3O3S/c1-4-13-10(2)20-18-22(17(13)24)12(9-26-18)8-16(23)21-14-7-11(19)5-6-15(14)25-3/h5-7,12H,4,8-9H2,1-3H3,(H,21,23). The van der Waals surface area contributed by atoms with Gasteiger partial charge < -0.3 is 10.1 Å². The molecule has 138 valence electrons. The molecule has 2 heterocycles. The first kappa shape index (κ1) is 18.8. The van der Waals surface area contributed by atoms with E-state index >= 15 is 0 Å². The molecule has 1 aromatic heterocycles. The molecule has 0 saturated heterocycles. The van der Waals surface area contributed by atoms with E-state index in [-0.39, 0.29) is 23.9 Å². The number of ether oxygens (including phenoxy) is 1. The van der Waals surface area contributed by atoms with Gasteiger partial charge in [-0.05, 0) is 31.5 Å². The van der Waals surface area contributed by atoms with Crippen molar-refractivity contribution in [1.82, 2.24) is 9.55 Å². The number of fused-ring (bicyclic) bond motifs is 1. The van der Waals surface area contributed by atoms with Gasteiger partial charge in [0.25, 0.3) is 5.56 Å². The summed E-state index contributed by atoms with van der Waals surface area (Å²) in [6.07, 6.45) is 0.810. The fourth-order valence-corrected chi connectivity index (χ4v) is 4.42. The number of carbonyl (C=O) groups is 1. The van der Waals surface area contributed by atoms with Crippen LogP contribution in [0.4, 0.5) is 5.69 Å². The van der Waals surface area contributed by atoms with Gasteiger partial charge in [0, 0.05) is 28.5 Å². The quantitative estimate of drug-likeness (QED) is 0.787. The van der Waals surface area contributed by atoms with Crippen molar-refractivity contribution < 1.29 is 9.53 Å². The number of anilines is 1. The molecule has 1 aliphatic rings. The minimum atomic E-state index is -0.217. The molecule has 8 heteroatoms. The highest BCUT2D eigenvalue weighted by Crippen LogP contribution is 2.33. The lowest BCUT2D eigenvalue weighted by atomic mass is 10.1. The SMILES string of the molecule is CCc1c(C)nc2n(c1=O)C(CC(=O)Nc1cc(Cl)ccc1OC)CS2. The van der Waals surface area contributed by atoms with E-state index < -0.39 is 0 Å². The van der Waals surface area contributed by atoms with Gasteiger partial charge in [0.15, 0.2) is 5.16 Å². The Balaban J connectivity index is 1.81. The third kappa shape index (κ3) is 3.59. The predicted molar refractivity (Wildman–Crippen MR) is 104 cm³/mol. The smallest absolute Gasteiger partial charge is 0.257 e. The number of hydrogen-bond acceptors (Lipinski definition) is 5. The molecule has 0 bridgehead atoms. The second-order valence-electron chi connectivity index (χ2n) is 6.05. The van der Waals surface area contributed by atoms with E-state index in [2.05, 4.69) is 10.3 Å². The van der Waals surface area contributed by atoms with Crippen molar-refractivity contribution in [1.29, 1.82) is 0 Å². The molecule has 26 heavy (non-hydrogen) atoms. The number of carbonyl (C=O) groups excluding carboxylic acids is 1. The van der Waals surface area contributed by atoms with Crippen molar-refractivity contribution >= 4 is 35.0 Å². The van der Waals surface area contributed by atoms with Crippen LogP contribution in [0, 0.1) is 6.92 Å². The average molecular weight is 394 g/mol. The Morgan fingerprint density at radius 2 is 2.27 bits per heavy atom. The maximum Gasteiger partial charge on any atom is 0.257 e. The van der Waals surface area contributed by atoms with E-state index in [9.17, 15) is 9.59 Å². The van der Waals surface area contributed by atoms with Crippen LogP contribution >= 0.6 is 23.4 Å². The molecular weight excluding hydrogens is 374 g/mol. The number of aryl methyl sites for hydroxylation is 1. The highest BCUT2D eigenvalue weighted by atomic mass is 35.5. The van der Waals surface area contributed by atoms with Crippen molar-refractivity contribution in [3.05, 3.63) is 44.8 Å². The number of benzene rings is 1. The van der Waals surface area contributed by atoms with Gasteiger partial charge in [-0.1, -0.05) is 30.3 Å². The van der Waals surface area contributed by atoms with Gasteiger partial charge in [-0.25, -0.2) is 4.98 Å². The van der Waals surface area contributed by atoms with Crippen molar-refractivity contribution in [3.63, 3.8) is 0 Å². The van der Waals surface area contributed by atoms with Crippen LogP contribution in [0.1, 0.15) is 30.6 Å². The van der Waals surface area contributed by atoms with Gasteiger partial charge >= 0.3 is 0 Å². The monoisotopic (exact) mass is 393 g/mol. The predicted octanol–water partition coefficient (Wildman–Crippen LogP) is 3.45. The summed E-state index contributed by atoms with van der Waals surface area (Å²) < 4.78 is 6.91. The Hall–Kier alpha value is -1.99. The molecule has 0 spiro atoms. The Bertz CT molecular complexity index is 913. The number of nitrogens with one attached hydrogen (secondary N) is 1. The number of halogens is 1. The van der Waals surface area contributed by atoms with E-state index in [0.717, 1.165) is 5.69 Å². The summed E-state index contributed by atoms with van der Waals surface area (Å²) in [6.45, 7) is 3.79. The maximum absolute atomic E-state index is 12.7. The Morgan fingerprint density at radius 3 is 2.96 bits per heavy atom. The molecule has 2 aromatic rings. The van der Waals surface area contributed by atoms with Crippen molar-refractivity contribution in [2.45, 2.75) is 37.9 Å². The molecular formula is C18H20ClN3O3S. The van der Waals surface area contributed by atoms with Crippen molar-refractivity contribution in [2.24, 2.45) is 0 Å². The Labute approximate surface area is 160 Å². The fourth-order valence-electron chi connectivity index (χ4n) is 3.07. The Kier molecular flexibility index (Phi) is 5.58. The summed E-state index contributed by atoms with van der Waals surface area (Å²) in [5, 5.41) is 4.02. The van der Waals surface area contributed by atoms with Gasteiger partial charge in [0.05, 0.1) is 18.8 Å². The zero-order valence-corrected chi connectivity index (χ0v) is 16.4. The van der Waals surface area contributed by atoms with Gasteiger partial charge in [0.1, 0.15) is 5.75 Å². The second kappa shape index (κ2) is 7.72. The van der Waals surface area contributed by atoms with Gasteiger partial charge in [-0.3, -0.25) is 14.2 Å². The van der Waals surface area contributed by atoms with Crippen LogP contribution in [0.2, 0.25) is 5.02 Å². The van der Waals surface area contributed by atoms with Crippen LogP contribution in [0.3, 0.4) is 0 Å². The van der Waals surface area contributed by atoms with E-state index in [0.29, 0.717) is 39.4 Å². The first-order chi connectivity index (χ1) is 12.4. The van der Waals surface area contributed by atoms with Crippen LogP contribution in [0.15, 0.2) is 28.2 Å². The second-order valence-corrected chi connectivity index (χ2v) is 7.47. The van der Waals surface area contributed by atoms with Gasteiger partial charge in [0.2, 0.25) is 5.91 Å². The van der Waals surface area contributed by atoms with Gasteiger partial charge in [-0.15, -0.1) is 0 Å². The summed E-state index contributed by atoms with van der Waals surface area (Å²) in [5.41, 5.74) is 1.95. The average Bonchev–Trinajstić information content (AvgIpc) is 2.98. The third-order valence-corrected chi connectivity index (χ3v) is 5.70. The first-order valence-corrected chi connectivity index (χ1v) is 9.69. The molecule has 1 aliphatic heterocycles. The highest BCUT2D eigenvalue weighted by Gasteiger charge is 2.29. The summed E-state index contributed by atoms with van der Waals surface area (Å²) in [6, 6.07) is 4.82. The summed E-state index contributed by atoms with van der Waals surface area (Å²) in [7, 11) is 1.53. The fraction of sp³-hybridized carbons (Fsp3) is 0.389. The number of thioether (sulfide) groups is 1. The molecule has 1 atom stereocenters. The van der Waals surface area contributed by atoms with E-state index in [1.807, 2.05) is 13.8 Å². The molecule has 0 radical (unpaired) electrons. The minimum Gasteiger partial charge on any atom is -0.495 e. The molecule has 3 rings (SSSR count). The topological polar surface area (TPSA) is 73.2 Å². The third-order valence-electron chi connectivity index (χ3n) is 4.36. The number of rotatable bonds is 5. The summed E-state index contributed by atoms with van der Waals surface area (Å²) in [4.78, 5) is 29.8. The van der Waals surface area contributed by atoms with E-state index in [1.54, 1.807) is 22.8 Å². The van der Waals surface area contributed by atoms with Crippen LogP contribution in [-0.4, -0.2) is 28.3 Å². The van der Waals surface area contributed by atoms with Crippen LogP contribution < -0.4 is 15.6 Å². The molecule has 1 amide bonds. The maximum atomic E-state index is 12.7. The van der Waals surface area contributed by atoms with Gasteiger partial charge in [-0.2, -0.15) is 0 Å². The largest absolute Gasteiger partial charge is 0.495 e. The summed E-state index contributed by atoms with van der Waals surface area (Å²) >= 11 is 7.51. The molecule has 6 nitrogen and oxygen atoms in total. The molecule has 1 N–H and O–H groups in total. The lowest BCUT2D eigenvalue weighted by Crippen LogP contribution is -2.30. The van der Waals surface area contributed by atoms with Crippen molar-refractivity contribution in [3.8, 4) is 5.75 Å². The lowest BCUT2D eigenvalue weighted by Gasteiger charge is -2.16. The van der Waals surface area contributed by atoms with Crippen molar-refractivity contribution in [2.75, 3.05) is 18.2 Å². The van der Waals surface area contributed by atoms with Crippen LogP contribution in [0.25, 0.3) is 0 Å². The van der Waals surface area contributed by atoms with Crippen LogP contribution in [-0.2, 0) is 11.2 Å². The van der Waals surface area contributed by atoms with Crippen LogP contribution in [0.5, 0.6) is 5.75 Å². The zero-order chi connectivity index (χ0) is 18.8. The van der Waals surface area contributed by atoms with E-state index in [4.69, 9.17) is 16.3 Å². The molecule has 0 saturated carbocycles. The number of amides is 1. The molecule has 1 aromatic carbocycles. The molecule has 0 fully saturated rings.